The van der Waals surface area contributed by atoms with Crippen LogP contribution in [0.1, 0.15) is 17.5 Å². The Hall–Kier alpha value is -1.91. The first kappa shape index (κ1) is 13.5. The maximum atomic E-state index is 11.9. The summed E-state index contributed by atoms with van der Waals surface area (Å²) >= 11 is 0. The standard InChI is InChI=1S/C12H13N3O3S/c1-8-3-2-4-11(10(8)6-13)15-7-9(5-12(15)16)19(14,17)18/h2-4,9H,5,7H2,1H3,(H2,14,17,18). The summed E-state index contributed by atoms with van der Waals surface area (Å²) in [6.07, 6.45) is -0.141. The lowest BCUT2D eigenvalue weighted by atomic mass is 10.1. The molecule has 0 radical (unpaired) electrons. The van der Waals surface area contributed by atoms with E-state index in [1.54, 1.807) is 25.1 Å². The van der Waals surface area contributed by atoms with Crippen molar-refractivity contribution in [3.8, 4) is 6.07 Å². The van der Waals surface area contributed by atoms with E-state index < -0.39 is 15.3 Å². The molecule has 1 aliphatic heterocycles. The Morgan fingerprint density at radius 2 is 2.16 bits per heavy atom. The third-order valence-electron chi connectivity index (χ3n) is 3.21. The summed E-state index contributed by atoms with van der Waals surface area (Å²) in [4.78, 5) is 13.2. The highest BCUT2D eigenvalue weighted by Gasteiger charge is 2.38. The van der Waals surface area contributed by atoms with Gasteiger partial charge in [-0.25, -0.2) is 13.6 Å². The van der Waals surface area contributed by atoms with E-state index in [1.807, 2.05) is 6.07 Å². The SMILES string of the molecule is Cc1cccc(N2CC(S(N)(=O)=O)CC2=O)c1C#N. The van der Waals surface area contributed by atoms with Gasteiger partial charge in [-0.2, -0.15) is 5.26 Å². The molecule has 1 aromatic rings. The van der Waals surface area contributed by atoms with Crippen LogP contribution in [0.5, 0.6) is 0 Å². The topological polar surface area (TPSA) is 104 Å². The van der Waals surface area contributed by atoms with E-state index in [9.17, 15) is 13.2 Å². The van der Waals surface area contributed by atoms with Crippen molar-refractivity contribution in [1.82, 2.24) is 0 Å². The van der Waals surface area contributed by atoms with Crippen molar-refractivity contribution in [3.05, 3.63) is 29.3 Å². The van der Waals surface area contributed by atoms with Crippen LogP contribution in [0.15, 0.2) is 18.2 Å². The van der Waals surface area contributed by atoms with E-state index in [2.05, 4.69) is 0 Å². The van der Waals surface area contributed by atoms with Gasteiger partial charge >= 0.3 is 0 Å². The number of nitrogens with zero attached hydrogens (tertiary/aromatic N) is 2. The monoisotopic (exact) mass is 279 g/mol. The number of aryl methyl sites for hydroxylation is 1. The first-order valence-electron chi connectivity index (χ1n) is 5.66. The second kappa shape index (κ2) is 4.64. The molecule has 1 fully saturated rings. The number of benzene rings is 1. The highest BCUT2D eigenvalue weighted by atomic mass is 32.2. The number of hydrogen-bond donors (Lipinski definition) is 1. The minimum atomic E-state index is -3.75. The number of hydrogen-bond acceptors (Lipinski definition) is 4. The molecule has 1 heterocycles. The number of amides is 1. The van der Waals surface area contributed by atoms with Crippen molar-refractivity contribution in [3.63, 3.8) is 0 Å². The normalized spacial score (nSPS) is 19.5. The van der Waals surface area contributed by atoms with Gasteiger partial charge in [-0.3, -0.25) is 4.79 Å². The van der Waals surface area contributed by atoms with E-state index >= 15 is 0 Å². The van der Waals surface area contributed by atoms with Crippen LogP contribution in [0.2, 0.25) is 0 Å². The summed E-state index contributed by atoms with van der Waals surface area (Å²) in [6, 6.07) is 7.16. The third-order valence-corrected chi connectivity index (χ3v) is 4.45. The molecule has 1 aromatic carbocycles. The molecule has 2 rings (SSSR count). The van der Waals surface area contributed by atoms with Gasteiger partial charge in [-0.1, -0.05) is 12.1 Å². The van der Waals surface area contributed by atoms with Gasteiger partial charge in [-0.15, -0.1) is 0 Å². The van der Waals surface area contributed by atoms with Gasteiger partial charge in [0.1, 0.15) is 11.3 Å². The fourth-order valence-corrected chi connectivity index (χ4v) is 2.88. The molecular formula is C12H13N3O3S. The zero-order valence-electron chi connectivity index (χ0n) is 10.3. The number of rotatable bonds is 2. The van der Waals surface area contributed by atoms with Crippen molar-refractivity contribution in [2.45, 2.75) is 18.6 Å². The number of anilines is 1. The number of nitrogens with two attached hydrogens (primary N) is 1. The largest absolute Gasteiger partial charge is 0.310 e. The summed E-state index contributed by atoms with van der Waals surface area (Å²) in [5, 5.41) is 13.3. The molecule has 1 atom stereocenters. The second-order valence-electron chi connectivity index (χ2n) is 4.50. The minimum absolute atomic E-state index is 0.00417. The fraction of sp³-hybridized carbons (Fsp3) is 0.333. The third kappa shape index (κ3) is 2.45. The Balaban J connectivity index is 2.43. The van der Waals surface area contributed by atoms with E-state index in [4.69, 9.17) is 10.4 Å². The smallest absolute Gasteiger partial charge is 0.228 e. The number of nitriles is 1. The summed E-state index contributed by atoms with van der Waals surface area (Å²) in [7, 11) is -3.75. The van der Waals surface area contributed by atoms with Gasteiger partial charge in [0.15, 0.2) is 0 Å². The molecule has 7 heteroatoms. The molecule has 19 heavy (non-hydrogen) atoms. The van der Waals surface area contributed by atoms with Gasteiger partial charge in [0.25, 0.3) is 0 Å². The van der Waals surface area contributed by atoms with Crippen LogP contribution in [0, 0.1) is 18.3 Å². The maximum absolute atomic E-state index is 11.9. The Labute approximate surface area is 111 Å². The molecule has 1 amide bonds. The molecule has 2 N–H and O–H groups in total. The Bertz CT molecular complexity index is 676. The van der Waals surface area contributed by atoms with Crippen molar-refractivity contribution in [2.24, 2.45) is 5.14 Å². The highest BCUT2D eigenvalue weighted by Crippen LogP contribution is 2.28. The predicted molar refractivity (Wildman–Crippen MR) is 69.8 cm³/mol. The number of primary sulfonamides is 1. The van der Waals surface area contributed by atoms with Crippen molar-refractivity contribution in [1.29, 1.82) is 5.26 Å². The highest BCUT2D eigenvalue weighted by molar-refractivity contribution is 7.89. The molecule has 1 saturated heterocycles. The molecule has 1 aliphatic rings. The average molecular weight is 279 g/mol. The molecule has 0 bridgehead atoms. The Morgan fingerprint density at radius 1 is 1.47 bits per heavy atom. The van der Waals surface area contributed by atoms with Crippen LogP contribution in [0.4, 0.5) is 5.69 Å². The summed E-state index contributed by atoms with van der Waals surface area (Å²) in [6.45, 7) is 1.76. The summed E-state index contributed by atoms with van der Waals surface area (Å²) in [5.74, 6) is -0.332. The van der Waals surface area contributed by atoms with Gasteiger partial charge in [0.05, 0.1) is 11.3 Å². The summed E-state index contributed by atoms with van der Waals surface area (Å²) in [5.41, 5.74) is 1.57. The fourth-order valence-electron chi connectivity index (χ4n) is 2.15. The molecular weight excluding hydrogens is 266 g/mol. The predicted octanol–water partition coefficient (Wildman–Crippen LogP) is 0.261. The van der Waals surface area contributed by atoms with Gasteiger partial charge < -0.3 is 4.90 Å². The zero-order chi connectivity index (χ0) is 14.2. The Morgan fingerprint density at radius 3 is 2.68 bits per heavy atom. The molecule has 0 spiro atoms. The molecule has 100 valence electrons. The number of carbonyl (C=O) groups excluding carboxylic acids is 1. The first-order valence-corrected chi connectivity index (χ1v) is 7.27. The summed E-state index contributed by atoms with van der Waals surface area (Å²) < 4.78 is 22.6. The molecule has 0 aliphatic carbocycles. The van der Waals surface area contributed by atoms with E-state index in [-0.39, 0.29) is 18.9 Å². The van der Waals surface area contributed by atoms with Gasteiger partial charge in [-0.05, 0) is 18.6 Å². The lowest BCUT2D eigenvalue weighted by molar-refractivity contribution is -0.117. The molecule has 1 unspecified atom stereocenters. The first-order chi connectivity index (χ1) is 8.84. The molecule has 0 aromatic heterocycles. The second-order valence-corrected chi connectivity index (χ2v) is 6.35. The number of sulfonamides is 1. The van der Waals surface area contributed by atoms with Crippen LogP contribution in [0.3, 0.4) is 0 Å². The van der Waals surface area contributed by atoms with E-state index in [0.717, 1.165) is 5.56 Å². The molecule has 6 nitrogen and oxygen atoms in total. The minimum Gasteiger partial charge on any atom is -0.310 e. The van der Waals surface area contributed by atoms with E-state index in [0.29, 0.717) is 11.3 Å². The van der Waals surface area contributed by atoms with Crippen LogP contribution < -0.4 is 10.0 Å². The zero-order valence-corrected chi connectivity index (χ0v) is 11.1. The van der Waals surface area contributed by atoms with Crippen LogP contribution >= 0.6 is 0 Å². The van der Waals surface area contributed by atoms with Crippen LogP contribution in [-0.2, 0) is 14.8 Å². The Kier molecular flexibility index (Phi) is 3.30. The average Bonchev–Trinajstić information content (AvgIpc) is 2.70. The number of carbonyl (C=O) groups is 1. The lowest BCUT2D eigenvalue weighted by Gasteiger charge is -2.18. The van der Waals surface area contributed by atoms with Crippen LogP contribution in [0.25, 0.3) is 0 Å². The van der Waals surface area contributed by atoms with Crippen molar-refractivity contribution >= 4 is 21.6 Å². The lowest BCUT2D eigenvalue weighted by Crippen LogP contribution is -2.32. The quantitative estimate of drug-likeness (QED) is 0.838. The van der Waals surface area contributed by atoms with Crippen molar-refractivity contribution < 1.29 is 13.2 Å². The van der Waals surface area contributed by atoms with Gasteiger partial charge in [0.2, 0.25) is 15.9 Å². The van der Waals surface area contributed by atoms with Crippen LogP contribution in [-0.4, -0.2) is 26.1 Å². The van der Waals surface area contributed by atoms with Gasteiger partial charge in [0, 0.05) is 13.0 Å². The van der Waals surface area contributed by atoms with Crippen molar-refractivity contribution in [2.75, 3.05) is 11.4 Å². The molecule has 0 saturated carbocycles. The maximum Gasteiger partial charge on any atom is 0.228 e. The van der Waals surface area contributed by atoms with E-state index in [1.165, 1.54) is 4.90 Å².